The highest BCUT2D eigenvalue weighted by Gasteiger charge is 2.24. The van der Waals surface area contributed by atoms with Crippen molar-refractivity contribution in [1.82, 2.24) is 9.47 Å². The number of piperidine rings is 1. The zero-order chi connectivity index (χ0) is 16.4. The minimum absolute atomic E-state index is 0.0751. The van der Waals surface area contributed by atoms with Gasteiger partial charge in [-0.3, -0.25) is 4.79 Å². The number of likely N-dealkylation sites (tertiary alicyclic amines) is 1. The van der Waals surface area contributed by atoms with Crippen molar-refractivity contribution in [3.05, 3.63) is 23.2 Å². The van der Waals surface area contributed by atoms with E-state index in [1.807, 2.05) is 22.4 Å². The molecule has 2 aromatic rings. The zero-order valence-corrected chi connectivity index (χ0v) is 14.4. The Morgan fingerprint density at radius 2 is 2.09 bits per heavy atom. The monoisotopic (exact) mass is 334 g/mol. The zero-order valence-electron chi connectivity index (χ0n) is 13.6. The minimum atomic E-state index is -0.365. The largest absolute Gasteiger partial charge is 0.461 e. The Bertz CT molecular complexity index is 711. The van der Waals surface area contributed by atoms with Crippen molar-refractivity contribution in [3.8, 4) is 0 Å². The van der Waals surface area contributed by atoms with Crippen LogP contribution in [-0.4, -0.2) is 41.0 Å². The summed E-state index contributed by atoms with van der Waals surface area (Å²) in [6.07, 6.45) is 2.10. The van der Waals surface area contributed by atoms with Gasteiger partial charge in [0.1, 0.15) is 12.2 Å². The van der Waals surface area contributed by atoms with E-state index in [-0.39, 0.29) is 18.4 Å². The van der Waals surface area contributed by atoms with Crippen LogP contribution in [0.5, 0.6) is 0 Å². The highest BCUT2D eigenvalue weighted by molar-refractivity contribution is 7.17. The number of fused-ring (bicyclic) bond motifs is 1. The number of esters is 1. The average molecular weight is 334 g/mol. The van der Waals surface area contributed by atoms with E-state index in [2.05, 4.69) is 6.92 Å². The first kappa shape index (κ1) is 16.1. The van der Waals surface area contributed by atoms with E-state index in [9.17, 15) is 9.59 Å². The molecule has 1 aliphatic rings. The number of carbonyl (C=O) groups is 2. The first-order chi connectivity index (χ1) is 11.1. The maximum atomic E-state index is 12.6. The van der Waals surface area contributed by atoms with Crippen molar-refractivity contribution in [3.63, 3.8) is 0 Å². The van der Waals surface area contributed by atoms with Crippen LogP contribution in [0.4, 0.5) is 0 Å². The molecule has 3 rings (SSSR count). The maximum Gasteiger partial charge on any atom is 0.355 e. The number of rotatable bonds is 4. The van der Waals surface area contributed by atoms with Gasteiger partial charge in [-0.05, 0) is 43.2 Å². The fourth-order valence-electron chi connectivity index (χ4n) is 3.01. The van der Waals surface area contributed by atoms with Gasteiger partial charge in [0.2, 0.25) is 5.91 Å². The van der Waals surface area contributed by atoms with E-state index in [0.29, 0.717) is 18.2 Å². The van der Waals surface area contributed by atoms with Crippen molar-refractivity contribution >= 4 is 33.4 Å². The summed E-state index contributed by atoms with van der Waals surface area (Å²) in [5.41, 5.74) is 1.39. The van der Waals surface area contributed by atoms with E-state index in [0.717, 1.165) is 36.1 Å². The lowest BCUT2D eigenvalue weighted by molar-refractivity contribution is -0.133. The number of thiophene rings is 1. The number of carbonyl (C=O) groups excluding carboxylic acids is 2. The molecule has 0 aliphatic carbocycles. The van der Waals surface area contributed by atoms with E-state index in [1.165, 1.54) is 0 Å². The lowest BCUT2D eigenvalue weighted by Gasteiger charge is -2.30. The molecule has 1 fully saturated rings. The summed E-state index contributed by atoms with van der Waals surface area (Å²) in [4.78, 5) is 26.7. The smallest absolute Gasteiger partial charge is 0.355 e. The fraction of sp³-hybridized carbons (Fsp3) is 0.529. The van der Waals surface area contributed by atoms with Crippen molar-refractivity contribution in [2.24, 2.45) is 5.92 Å². The predicted octanol–water partition coefficient (Wildman–Crippen LogP) is 3.14. The molecule has 0 bridgehead atoms. The summed E-state index contributed by atoms with van der Waals surface area (Å²) in [5, 5.41) is 1.98. The van der Waals surface area contributed by atoms with Gasteiger partial charge in [-0.2, -0.15) is 0 Å². The number of ether oxygens (including phenoxy) is 1. The van der Waals surface area contributed by atoms with Crippen LogP contribution in [0.1, 0.15) is 37.2 Å². The lowest BCUT2D eigenvalue weighted by Crippen LogP contribution is -2.40. The number of nitrogens with zero attached hydrogens (tertiary/aromatic N) is 2. The summed E-state index contributed by atoms with van der Waals surface area (Å²) in [6, 6.07) is 3.78. The standard InChI is InChI=1S/C17H22N2O3S/c1-3-22-17(21)14-10-15-13(6-9-23-15)19(14)11-16(20)18-7-4-12(2)5-8-18/h6,9-10,12H,3-5,7-8,11H2,1-2H3. The van der Waals surface area contributed by atoms with Gasteiger partial charge in [-0.1, -0.05) is 6.92 Å². The molecular formula is C17H22N2O3S. The van der Waals surface area contributed by atoms with Crippen LogP contribution in [0.2, 0.25) is 0 Å². The van der Waals surface area contributed by atoms with Gasteiger partial charge in [-0.25, -0.2) is 4.79 Å². The van der Waals surface area contributed by atoms with Crippen LogP contribution in [0.3, 0.4) is 0 Å². The van der Waals surface area contributed by atoms with Gasteiger partial charge in [0.25, 0.3) is 0 Å². The van der Waals surface area contributed by atoms with E-state index < -0.39 is 0 Å². The van der Waals surface area contributed by atoms with Gasteiger partial charge in [-0.15, -0.1) is 11.3 Å². The van der Waals surface area contributed by atoms with Crippen LogP contribution in [0, 0.1) is 5.92 Å². The van der Waals surface area contributed by atoms with Crippen LogP contribution in [0.15, 0.2) is 17.5 Å². The van der Waals surface area contributed by atoms with Gasteiger partial charge < -0.3 is 14.2 Å². The Hall–Kier alpha value is -1.82. The Balaban J connectivity index is 1.83. The van der Waals surface area contributed by atoms with Gasteiger partial charge >= 0.3 is 5.97 Å². The van der Waals surface area contributed by atoms with E-state index in [1.54, 1.807) is 22.8 Å². The summed E-state index contributed by atoms with van der Waals surface area (Å²) in [5.74, 6) is 0.395. The topological polar surface area (TPSA) is 51.5 Å². The third-order valence-electron chi connectivity index (χ3n) is 4.44. The molecule has 0 atom stereocenters. The second kappa shape index (κ2) is 6.74. The van der Waals surface area contributed by atoms with Crippen LogP contribution >= 0.6 is 11.3 Å². The molecule has 2 aromatic heterocycles. The number of amides is 1. The number of hydrogen-bond acceptors (Lipinski definition) is 4. The molecule has 124 valence electrons. The molecule has 0 N–H and O–H groups in total. The normalized spacial score (nSPS) is 16.0. The minimum Gasteiger partial charge on any atom is -0.461 e. The molecule has 0 radical (unpaired) electrons. The molecule has 1 amide bonds. The third-order valence-corrected chi connectivity index (χ3v) is 5.29. The maximum absolute atomic E-state index is 12.6. The number of hydrogen-bond donors (Lipinski definition) is 0. The summed E-state index contributed by atoms with van der Waals surface area (Å²) >= 11 is 1.57. The van der Waals surface area contributed by atoms with E-state index in [4.69, 9.17) is 4.74 Å². The van der Waals surface area contributed by atoms with Gasteiger partial charge in [0.15, 0.2) is 0 Å². The van der Waals surface area contributed by atoms with Crippen LogP contribution in [-0.2, 0) is 16.1 Å². The Morgan fingerprint density at radius 1 is 1.35 bits per heavy atom. The molecule has 0 aromatic carbocycles. The molecule has 6 heteroatoms. The SMILES string of the molecule is CCOC(=O)c1cc2sccc2n1CC(=O)N1CCC(C)CC1. The highest BCUT2D eigenvalue weighted by atomic mass is 32.1. The second-order valence-electron chi connectivity index (χ2n) is 6.07. The summed E-state index contributed by atoms with van der Waals surface area (Å²) < 4.78 is 7.93. The van der Waals surface area contributed by atoms with Crippen molar-refractivity contribution < 1.29 is 14.3 Å². The quantitative estimate of drug-likeness (QED) is 0.807. The molecular weight excluding hydrogens is 312 g/mol. The molecule has 1 saturated heterocycles. The molecule has 3 heterocycles. The van der Waals surface area contributed by atoms with Crippen molar-refractivity contribution in [2.45, 2.75) is 33.2 Å². The van der Waals surface area contributed by atoms with Gasteiger partial charge in [0.05, 0.1) is 16.8 Å². The van der Waals surface area contributed by atoms with Crippen molar-refractivity contribution in [2.75, 3.05) is 19.7 Å². The molecule has 0 spiro atoms. The fourth-order valence-corrected chi connectivity index (χ4v) is 3.84. The van der Waals surface area contributed by atoms with Crippen LogP contribution < -0.4 is 0 Å². The molecule has 0 saturated carbocycles. The summed E-state index contributed by atoms with van der Waals surface area (Å²) in [7, 11) is 0. The second-order valence-corrected chi connectivity index (χ2v) is 7.02. The van der Waals surface area contributed by atoms with E-state index >= 15 is 0 Å². The Kier molecular flexibility index (Phi) is 4.71. The van der Waals surface area contributed by atoms with Gasteiger partial charge in [0, 0.05) is 13.1 Å². The average Bonchev–Trinajstić information content (AvgIpc) is 3.11. The molecule has 1 aliphatic heterocycles. The lowest BCUT2D eigenvalue weighted by atomic mass is 9.99. The van der Waals surface area contributed by atoms with Crippen molar-refractivity contribution in [1.29, 1.82) is 0 Å². The van der Waals surface area contributed by atoms with Crippen LogP contribution in [0.25, 0.3) is 10.2 Å². The Labute approximate surface area is 139 Å². The Morgan fingerprint density at radius 3 is 2.78 bits per heavy atom. The first-order valence-electron chi connectivity index (χ1n) is 8.11. The summed E-state index contributed by atoms with van der Waals surface area (Å²) in [6.45, 7) is 6.15. The highest BCUT2D eigenvalue weighted by Crippen LogP contribution is 2.26. The third kappa shape index (κ3) is 3.27. The number of aromatic nitrogens is 1. The molecule has 23 heavy (non-hydrogen) atoms. The predicted molar refractivity (Wildman–Crippen MR) is 90.7 cm³/mol. The molecule has 0 unspecified atom stereocenters. The first-order valence-corrected chi connectivity index (χ1v) is 8.99. The molecule has 5 nitrogen and oxygen atoms in total.